The Bertz CT molecular complexity index is 506. The normalized spacial score (nSPS) is 15.5. The molecule has 0 heterocycles. The lowest BCUT2D eigenvalue weighted by Gasteiger charge is -2.15. The van der Waals surface area contributed by atoms with Crippen molar-refractivity contribution in [1.82, 2.24) is 10.6 Å². The van der Waals surface area contributed by atoms with Gasteiger partial charge in [-0.1, -0.05) is 37.8 Å². The lowest BCUT2D eigenvalue weighted by atomic mass is 10.1. The van der Waals surface area contributed by atoms with Gasteiger partial charge in [-0.05, 0) is 37.0 Å². The lowest BCUT2D eigenvalue weighted by Crippen LogP contribution is -2.44. The predicted octanol–water partition coefficient (Wildman–Crippen LogP) is 2.19. The van der Waals surface area contributed by atoms with Crippen LogP contribution in [0.5, 0.6) is 5.75 Å². The fourth-order valence-corrected chi connectivity index (χ4v) is 2.87. The van der Waals surface area contributed by atoms with Crippen molar-refractivity contribution >= 4 is 11.8 Å². The molecule has 0 aromatic heterocycles. The molecule has 0 radical (unpaired) electrons. The number of rotatable bonds is 5. The molecule has 126 valence electrons. The summed E-state index contributed by atoms with van der Waals surface area (Å²) in [5.74, 6) is -0.241. The average Bonchev–Trinajstić information content (AvgIpc) is 2.84. The molecular formula is C18H26N2O3. The van der Waals surface area contributed by atoms with Crippen LogP contribution in [-0.4, -0.2) is 31.5 Å². The van der Waals surface area contributed by atoms with Gasteiger partial charge < -0.3 is 15.4 Å². The van der Waals surface area contributed by atoms with E-state index in [0.29, 0.717) is 13.0 Å². The van der Waals surface area contributed by atoms with Crippen LogP contribution in [0.2, 0.25) is 0 Å². The zero-order valence-electron chi connectivity index (χ0n) is 13.8. The Kier molecular flexibility index (Phi) is 6.91. The van der Waals surface area contributed by atoms with Crippen molar-refractivity contribution in [1.29, 1.82) is 0 Å². The van der Waals surface area contributed by atoms with Gasteiger partial charge >= 0.3 is 11.8 Å². The molecule has 1 saturated carbocycles. The fraction of sp³-hybridized carbons (Fsp3) is 0.556. The van der Waals surface area contributed by atoms with Gasteiger partial charge in [0.1, 0.15) is 5.75 Å². The molecule has 23 heavy (non-hydrogen) atoms. The van der Waals surface area contributed by atoms with E-state index >= 15 is 0 Å². The van der Waals surface area contributed by atoms with Crippen LogP contribution in [0.15, 0.2) is 24.3 Å². The van der Waals surface area contributed by atoms with Gasteiger partial charge in [-0.3, -0.25) is 9.59 Å². The molecule has 1 aromatic carbocycles. The van der Waals surface area contributed by atoms with Crippen LogP contribution in [0.3, 0.4) is 0 Å². The molecule has 0 aliphatic heterocycles. The third-order valence-electron chi connectivity index (χ3n) is 4.25. The highest BCUT2D eigenvalue weighted by molar-refractivity contribution is 6.35. The van der Waals surface area contributed by atoms with Gasteiger partial charge in [0.05, 0.1) is 7.11 Å². The second kappa shape index (κ2) is 9.18. The number of benzene rings is 1. The summed E-state index contributed by atoms with van der Waals surface area (Å²) < 4.78 is 5.10. The summed E-state index contributed by atoms with van der Waals surface area (Å²) in [6.45, 7) is 0.448. The maximum Gasteiger partial charge on any atom is 0.309 e. The minimum atomic E-state index is -0.539. The largest absolute Gasteiger partial charge is 0.497 e. The van der Waals surface area contributed by atoms with Crippen LogP contribution >= 0.6 is 0 Å². The lowest BCUT2D eigenvalue weighted by molar-refractivity contribution is -0.139. The number of methoxy groups -OCH3 is 1. The van der Waals surface area contributed by atoms with Gasteiger partial charge in [-0.15, -0.1) is 0 Å². The first-order valence-corrected chi connectivity index (χ1v) is 8.40. The number of carbonyl (C=O) groups is 2. The van der Waals surface area contributed by atoms with Crippen LogP contribution in [0.4, 0.5) is 0 Å². The number of hydrogen-bond donors (Lipinski definition) is 2. The maximum absolute atomic E-state index is 11.9. The summed E-state index contributed by atoms with van der Waals surface area (Å²) in [5, 5.41) is 5.54. The molecule has 2 rings (SSSR count). The van der Waals surface area contributed by atoms with Gasteiger partial charge in [-0.25, -0.2) is 0 Å². The summed E-state index contributed by atoms with van der Waals surface area (Å²) in [6.07, 6.45) is 7.34. The summed E-state index contributed by atoms with van der Waals surface area (Å²) >= 11 is 0. The topological polar surface area (TPSA) is 67.4 Å². The van der Waals surface area contributed by atoms with E-state index in [1.54, 1.807) is 7.11 Å². The molecule has 1 aromatic rings. The zero-order chi connectivity index (χ0) is 16.5. The van der Waals surface area contributed by atoms with E-state index in [-0.39, 0.29) is 6.04 Å². The molecule has 5 heteroatoms. The van der Waals surface area contributed by atoms with E-state index in [0.717, 1.165) is 37.0 Å². The van der Waals surface area contributed by atoms with Crippen molar-refractivity contribution in [2.24, 2.45) is 0 Å². The van der Waals surface area contributed by atoms with E-state index in [1.165, 1.54) is 12.8 Å². The van der Waals surface area contributed by atoms with Crippen LogP contribution in [0.25, 0.3) is 0 Å². The second-order valence-electron chi connectivity index (χ2n) is 6.02. The van der Waals surface area contributed by atoms with Crippen molar-refractivity contribution in [3.63, 3.8) is 0 Å². The van der Waals surface area contributed by atoms with E-state index < -0.39 is 11.8 Å². The third-order valence-corrected chi connectivity index (χ3v) is 4.25. The SMILES string of the molecule is COc1ccc(CCNC(=O)C(=O)NC2CCCCCC2)cc1. The molecule has 5 nitrogen and oxygen atoms in total. The molecule has 0 atom stereocenters. The van der Waals surface area contributed by atoms with Crippen LogP contribution < -0.4 is 15.4 Å². The molecule has 0 spiro atoms. The van der Waals surface area contributed by atoms with Gasteiger partial charge in [0.15, 0.2) is 0 Å². The first kappa shape index (κ1) is 17.3. The quantitative estimate of drug-likeness (QED) is 0.646. The first-order chi connectivity index (χ1) is 11.2. The van der Waals surface area contributed by atoms with Crippen molar-refractivity contribution < 1.29 is 14.3 Å². The third kappa shape index (κ3) is 5.93. The molecule has 1 aliphatic rings. The molecule has 0 saturated heterocycles. The molecule has 2 N–H and O–H groups in total. The van der Waals surface area contributed by atoms with E-state index in [4.69, 9.17) is 4.74 Å². The van der Waals surface area contributed by atoms with Gasteiger partial charge in [-0.2, -0.15) is 0 Å². The van der Waals surface area contributed by atoms with Crippen molar-refractivity contribution in [3.8, 4) is 5.75 Å². The Labute approximate surface area is 137 Å². The molecule has 2 amide bonds. The highest BCUT2D eigenvalue weighted by Crippen LogP contribution is 2.17. The average molecular weight is 318 g/mol. The number of carbonyl (C=O) groups excluding carboxylic acids is 2. The highest BCUT2D eigenvalue weighted by atomic mass is 16.5. The highest BCUT2D eigenvalue weighted by Gasteiger charge is 2.19. The van der Waals surface area contributed by atoms with Gasteiger partial charge in [0, 0.05) is 12.6 Å². The Morgan fingerprint density at radius 1 is 1.04 bits per heavy atom. The van der Waals surface area contributed by atoms with Gasteiger partial charge in [0.2, 0.25) is 0 Å². The minimum absolute atomic E-state index is 0.150. The number of ether oxygens (including phenoxy) is 1. The van der Waals surface area contributed by atoms with E-state index in [2.05, 4.69) is 10.6 Å². The van der Waals surface area contributed by atoms with Crippen molar-refractivity contribution in [3.05, 3.63) is 29.8 Å². The van der Waals surface area contributed by atoms with Crippen LogP contribution in [-0.2, 0) is 16.0 Å². The maximum atomic E-state index is 11.9. The summed E-state index contributed by atoms with van der Waals surface area (Å²) in [4.78, 5) is 23.8. The first-order valence-electron chi connectivity index (χ1n) is 8.40. The summed E-state index contributed by atoms with van der Waals surface area (Å²) in [7, 11) is 1.63. The van der Waals surface area contributed by atoms with Crippen molar-refractivity contribution in [2.75, 3.05) is 13.7 Å². The molecule has 0 bridgehead atoms. The molecule has 0 unspecified atom stereocenters. The summed E-state index contributed by atoms with van der Waals surface area (Å²) in [6, 6.07) is 7.83. The van der Waals surface area contributed by atoms with E-state index in [9.17, 15) is 9.59 Å². The Hall–Kier alpha value is -2.04. The van der Waals surface area contributed by atoms with Gasteiger partial charge in [0.25, 0.3) is 0 Å². The summed E-state index contributed by atoms with van der Waals surface area (Å²) in [5.41, 5.74) is 1.09. The van der Waals surface area contributed by atoms with Crippen LogP contribution in [0.1, 0.15) is 44.1 Å². The fourth-order valence-electron chi connectivity index (χ4n) is 2.87. The Morgan fingerprint density at radius 2 is 1.70 bits per heavy atom. The molecule has 1 aliphatic carbocycles. The number of nitrogens with one attached hydrogen (secondary N) is 2. The predicted molar refractivity (Wildman–Crippen MR) is 89.3 cm³/mol. The van der Waals surface area contributed by atoms with Crippen molar-refractivity contribution in [2.45, 2.75) is 51.0 Å². The second-order valence-corrected chi connectivity index (χ2v) is 6.02. The number of amides is 2. The minimum Gasteiger partial charge on any atom is -0.497 e. The monoisotopic (exact) mass is 318 g/mol. The smallest absolute Gasteiger partial charge is 0.309 e. The zero-order valence-corrected chi connectivity index (χ0v) is 13.8. The Morgan fingerprint density at radius 3 is 2.30 bits per heavy atom. The van der Waals surface area contributed by atoms with E-state index in [1.807, 2.05) is 24.3 Å². The Balaban J connectivity index is 1.69. The molecule has 1 fully saturated rings. The van der Waals surface area contributed by atoms with Crippen LogP contribution in [0, 0.1) is 0 Å². The standard InChI is InChI=1S/C18H26N2O3/c1-23-16-10-8-14(9-11-16)12-13-19-17(21)18(22)20-15-6-4-2-3-5-7-15/h8-11,15H,2-7,12-13H2,1H3,(H,19,21)(H,20,22). The molecular weight excluding hydrogens is 292 g/mol. The number of hydrogen-bond acceptors (Lipinski definition) is 3.